The highest BCUT2D eigenvalue weighted by atomic mass is 16.6. The molecule has 0 radical (unpaired) electrons. The molecule has 1 amide bonds. The van der Waals surface area contributed by atoms with Gasteiger partial charge in [0.15, 0.2) is 0 Å². The Hall–Kier alpha value is -2.04. The van der Waals surface area contributed by atoms with Crippen LogP contribution in [0, 0.1) is 6.92 Å². The van der Waals surface area contributed by atoms with E-state index in [2.05, 4.69) is 0 Å². The lowest BCUT2D eigenvalue weighted by molar-refractivity contribution is -0.144. The van der Waals surface area contributed by atoms with Crippen molar-refractivity contribution in [2.75, 3.05) is 6.54 Å². The van der Waals surface area contributed by atoms with Crippen molar-refractivity contribution in [1.29, 1.82) is 0 Å². The molecule has 1 aliphatic rings. The Morgan fingerprint density at radius 3 is 2.48 bits per heavy atom. The number of carboxylic acid groups (broad SMARTS) is 1. The van der Waals surface area contributed by atoms with Crippen LogP contribution < -0.4 is 0 Å². The summed E-state index contributed by atoms with van der Waals surface area (Å²) in [5, 5.41) is 9.54. The van der Waals surface area contributed by atoms with Gasteiger partial charge in [0, 0.05) is 6.54 Å². The summed E-state index contributed by atoms with van der Waals surface area (Å²) in [6.07, 6.45) is 0.612. The Morgan fingerprint density at radius 2 is 1.91 bits per heavy atom. The summed E-state index contributed by atoms with van der Waals surface area (Å²) in [7, 11) is 0. The molecule has 0 saturated carbocycles. The molecule has 1 aromatic carbocycles. The van der Waals surface area contributed by atoms with Gasteiger partial charge in [-0.05, 0) is 57.6 Å². The number of hydrogen-bond donors (Lipinski definition) is 1. The van der Waals surface area contributed by atoms with Crippen LogP contribution in [-0.2, 0) is 9.53 Å². The average Bonchev–Trinajstić information content (AvgIpc) is 2.45. The maximum Gasteiger partial charge on any atom is 0.411 e. The average molecular weight is 319 g/mol. The van der Waals surface area contributed by atoms with Crippen LogP contribution in [0.1, 0.15) is 50.7 Å². The van der Waals surface area contributed by atoms with Crippen molar-refractivity contribution in [1.82, 2.24) is 4.90 Å². The van der Waals surface area contributed by atoms with Gasteiger partial charge in [0.2, 0.25) is 0 Å². The first-order valence-electron chi connectivity index (χ1n) is 7.97. The third-order valence-electron chi connectivity index (χ3n) is 4.14. The zero-order chi connectivity index (χ0) is 17.2. The summed E-state index contributed by atoms with van der Waals surface area (Å²) in [5.74, 6) is -0.829. The number of hydrogen-bond acceptors (Lipinski definition) is 3. The molecule has 1 fully saturated rings. The monoisotopic (exact) mass is 319 g/mol. The van der Waals surface area contributed by atoms with Gasteiger partial charge in [0.05, 0.1) is 0 Å². The van der Waals surface area contributed by atoms with E-state index < -0.39 is 23.7 Å². The highest BCUT2D eigenvalue weighted by Crippen LogP contribution is 2.34. The number of benzene rings is 1. The number of aryl methyl sites for hydroxylation is 1. The molecular formula is C18H25NO4. The van der Waals surface area contributed by atoms with Gasteiger partial charge in [-0.2, -0.15) is 0 Å². The zero-order valence-electron chi connectivity index (χ0n) is 14.2. The van der Waals surface area contributed by atoms with E-state index in [1.165, 1.54) is 10.5 Å². The fourth-order valence-electron chi connectivity index (χ4n) is 3.07. The number of piperidine rings is 1. The van der Waals surface area contributed by atoms with Crippen LogP contribution in [0.4, 0.5) is 4.79 Å². The van der Waals surface area contributed by atoms with Crippen LogP contribution in [0.3, 0.4) is 0 Å². The van der Waals surface area contributed by atoms with Crippen LogP contribution in [-0.4, -0.2) is 40.3 Å². The molecule has 1 N–H and O–H groups in total. The predicted octanol–water partition coefficient (Wildman–Crippen LogP) is 3.56. The number of amides is 1. The first-order chi connectivity index (χ1) is 10.7. The van der Waals surface area contributed by atoms with Gasteiger partial charge in [-0.3, -0.25) is 4.90 Å². The van der Waals surface area contributed by atoms with E-state index >= 15 is 0 Å². The van der Waals surface area contributed by atoms with Gasteiger partial charge in [-0.25, -0.2) is 9.59 Å². The smallest absolute Gasteiger partial charge is 0.411 e. The van der Waals surface area contributed by atoms with Crippen molar-refractivity contribution in [3.63, 3.8) is 0 Å². The molecular weight excluding hydrogens is 294 g/mol. The van der Waals surface area contributed by atoms with E-state index in [1.54, 1.807) is 20.8 Å². The van der Waals surface area contributed by atoms with Gasteiger partial charge >= 0.3 is 12.1 Å². The maximum atomic E-state index is 12.3. The lowest BCUT2D eigenvalue weighted by Gasteiger charge is -2.38. The number of nitrogens with zero attached hydrogens (tertiary/aromatic N) is 1. The first-order valence-corrected chi connectivity index (χ1v) is 7.97. The van der Waals surface area contributed by atoms with Gasteiger partial charge in [0.25, 0.3) is 0 Å². The van der Waals surface area contributed by atoms with E-state index in [0.717, 1.165) is 12.0 Å². The lowest BCUT2D eigenvalue weighted by atomic mass is 9.83. The fourth-order valence-corrected chi connectivity index (χ4v) is 3.07. The van der Waals surface area contributed by atoms with Gasteiger partial charge < -0.3 is 9.84 Å². The molecule has 5 heteroatoms. The predicted molar refractivity (Wildman–Crippen MR) is 87.5 cm³/mol. The van der Waals surface area contributed by atoms with E-state index in [1.807, 2.05) is 31.2 Å². The zero-order valence-corrected chi connectivity index (χ0v) is 14.2. The lowest BCUT2D eigenvalue weighted by Crippen LogP contribution is -2.51. The molecule has 5 nitrogen and oxygen atoms in total. The highest BCUT2D eigenvalue weighted by molar-refractivity contribution is 5.80. The topological polar surface area (TPSA) is 66.8 Å². The summed E-state index contributed by atoms with van der Waals surface area (Å²) in [5.41, 5.74) is 1.70. The van der Waals surface area contributed by atoms with Crippen LogP contribution in [0.2, 0.25) is 0 Å². The number of carboxylic acids is 1. The molecule has 2 rings (SSSR count). The highest BCUT2D eigenvalue weighted by Gasteiger charge is 2.38. The Kier molecular flexibility index (Phi) is 4.97. The Morgan fingerprint density at radius 1 is 1.26 bits per heavy atom. The molecule has 23 heavy (non-hydrogen) atoms. The minimum Gasteiger partial charge on any atom is -0.480 e. The summed E-state index contributed by atoms with van der Waals surface area (Å²) >= 11 is 0. The van der Waals surface area contributed by atoms with Gasteiger partial charge in [0.1, 0.15) is 11.6 Å². The van der Waals surface area contributed by atoms with E-state index in [9.17, 15) is 14.7 Å². The molecule has 0 spiro atoms. The molecule has 2 unspecified atom stereocenters. The first kappa shape index (κ1) is 17.3. The molecule has 0 aromatic heterocycles. The van der Waals surface area contributed by atoms with Crippen molar-refractivity contribution >= 4 is 12.1 Å². The van der Waals surface area contributed by atoms with Crippen molar-refractivity contribution < 1.29 is 19.4 Å². The normalized spacial score (nSPS) is 21.8. The Labute approximate surface area is 137 Å². The molecule has 1 aromatic rings. The third kappa shape index (κ3) is 4.24. The van der Waals surface area contributed by atoms with Gasteiger partial charge in [-0.15, -0.1) is 0 Å². The van der Waals surface area contributed by atoms with E-state index in [0.29, 0.717) is 13.0 Å². The second-order valence-corrected chi connectivity index (χ2v) is 7.11. The number of likely N-dealkylation sites (tertiary alicyclic amines) is 1. The number of carbonyl (C=O) groups excluding carboxylic acids is 1. The summed E-state index contributed by atoms with van der Waals surface area (Å²) in [6, 6.07) is 7.18. The molecule has 126 valence electrons. The summed E-state index contributed by atoms with van der Waals surface area (Å²) in [4.78, 5) is 25.3. The standard InChI is InChI=1S/C18H25NO4/c1-12-7-5-6-8-14(12)13-9-10-19(15(11-13)16(20)21)17(22)23-18(2,3)4/h5-8,13,15H,9-11H2,1-4H3,(H,20,21). The van der Waals surface area contributed by atoms with Crippen LogP contribution in [0.25, 0.3) is 0 Å². The summed E-state index contributed by atoms with van der Waals surface area (Å²) < 4.78 is 5.35. The number of aliphatic carboxylic acids is 1. The van der Waals surface area contributed by atoms with Crippen LogP contribution in [0.15, 0.2) is 24.3 Å². The second-order valence-electron chi connectivity index (χ2n) is 7.11. The van der Waals surface area contributed by atoms with E-state index in [4.69, 9.17) is 4.74 Å². The van der Waals surface area contributed by atoms with Crippen molar-refractivity contribution in [3.8, 4) is 0 Å². The van der Waals surface area contributed by atoms with E-state index in [-0.39, 0.29) is 5.92 Å². The van der Waals surface area contributed by atoms with Crippen molar-refractivity contribution in [2.24, 2.45) is 0 Å². The minimum atomic E-state index is -0.978. The quantitative estimate of drug-likeness (QED) is 0.905. The molecule has 1 heterocycles. The van der Waals surface area contributed by atoms with Crippen LogP contribution >= 0.6 is 0 Å². The molecule has 1 saturated heterocycles. The largest absolute Gasteiger partial charge is 0.480 e. The van der Waals surface area contributed by atoms with Crippen molar-refractivity contribution in [2.45, 2.75) is 58.1 Å². The van der Waals surface area contributed by atoms with Gasteiger partial charge in [-0.1, -0.05) is 24.3 Å². The number of rotatable bonds is 2. The minimum absolute atomic E-state index is 0.149. The number of ether oxygens (including phenoxy) is 1. The molecule has 1 aliphatic heterocycles. The van der Waals surface area contributed by atoms with Crippen molar-refractivity contribution in [3.05, 3.63) is 35.4 Å². The fraction of sp³-hybridized carbons (Fsp3) is 0.556. The third-order valence-corrected chi connectivity index (χ3v) is 4.14. The molecule has 0 bridgehead atoms. The Balaban J connectivity index is 2.17. The SMILES string of the molecule is Cc1ccccc1C1CCN(C(=O)OC(C)(C)C)C(C(=O)O)C1. The molecule has 0 aliphatic carbocycles. The van der Waals surface area contributed by atoms with Crippen LogP contribution in [0.5, 0.6) is 0 Å². The second kappa shape index (κ2) is 6.60. The summed E-state index contributed by atoms with van der Waals surface area (Å²) in [6.45, 7) is 7.76. The maximum absolute atomic E-state index is 12.3. The Bertz CT molecular complexity index is 591. The number of carbonyl (C=O) groups is 2. The molecule has 2 atom stereocenters.